The Balaban J connectivity index is 1.12. The summed E-state index contributed by atoms with van der Waals surface area (Å²) in [7, 11) is -0.509. The van der Waals surface area contributed by atoms with Gasteiger partial charge < -0.3 is 4.90 Å². The topological polar surface area (TPSA) is 16.1 Å². The van der Waals surface area contributed by atoms with Crippen molar-refractivity contribution in [3.05, 3.63) is 130 Å². The second-order valence-corrected chi connectivity index (χ2v) is 17.9. The van der Waals surface area contributed by atoms with Gasteiger partial charge in [-0.25, -0.2) is 0 Å². The average molecular weight is 579 g/mol. The number of likely N-dealkylation sites (tertiary alicyclic amines) is 1. The van der Waals surface area contributed by atoms with Crippen LogP contribution in [0.1, 0.15) is 48.1 Å². The fourth-order valence-corrected chi connectivity index (χ4v) is 12.9. The van der Waals surface area contributed by atoms with Crippen LogP contribution in [0.25, 0.3) is 5.57 Å². The standard InChI is InChI=1S/C35H39ClN2Si2/c36-29-17-18-32-28(25-29)16-15-27-9-7-21-37-35(27)34(32)26-19-23-38(24-20-26)22-8-14-33(39-30-10-3-1-4-11-30)40-31-12-5-2-6-13-31/h1-7,9-13,17-18,21,25,33H,8,14-16,19-20,22-24,39-40H2. The van der Waals surface area contributed by atoms with Gasteiger partial charge in [0, 0.05) is 29.9 Å². The first kappa shape index (κ1) is 27.4. The van der Waals surface area contributed by atoms with Crippen LogP contribution in [0.4, 0.5) is 0 Å². The number of hydrogen-bond donors (Lipinski definition) is 0. The molecule has 4 aromatic rings. The van der Waals surface area contributed by atoms with E-state index in [2.05, 4.69) is 95.9 Å². The van der Waals surface area contributed by atoms with Crippen LogP contribution in [0.15, 0.2) is 103 Å². The predicted molar refractivity (Wildman–Crippen MR) is 177 cm³/mol. The van der Waals surface area contributed by atoms with Crippen molar-refractivity contribution in [2.75, 3.05) is 19.6 Å². The summed E-state index contributed by atoms with van der Waals surface area (Å²) >= 11 is 6.42. The number of halogens is 1. The Hall–Kier alpha value is -2.77. The second kappa shape index (κ2) is 13.3. The first-order chi connectivity index (χ1) is 19.7. The summed E-state index contributed by atoms with van der Waals surface area (Å²) < 4.78 is 0. The molecule has 2 aliphatic rings. The Bertz CT molecular complexity index is 1400. The van der Waals surface area contributed by atoms with Crippen molar-refractivity contribution >= 4 is 46.6 Å². The highest BCUT2D eigenvalue weighted by Gasteiger charge is 2.25. The molecule has 2 nitrogen and oxygen atoms in total. The van der Waals surface area contributed by atoms with Crippen LogP contribution in [0.3, 0.4) is 0 Å². The van der Waals surface area contributed by atoms with Crippen LogP contribution in [0.2, 0.25) is 10.2 Å². The molecule has 0 saturated carbocycles. The molecule has 6 rings (SSSR count). The van der Waals surface area contributed by atoms with Gasteiger partial charge in [-0.2, -0.15) is 0 Å². The maximum Gasteiger partial charge on any atom is 0.0739 e. The highest BCUT2D eigenvalue weighted by molar-refractivity contribution is 6.73. The normalized spacial score (nSPS) is 16.8. The van der Waals surface area contributed by atoms with E-state index < -0.39 is 0 Å². The predicted octanol–water partition coefficient (Wildman–Crippen LogP) is 5.25. The number of aryl methyl sites for hydroxylation is 2. The fourth-order valence-electron chi connectivity index (χ4n) is 6.70. The summed E-state index contributed by atoms with van der Waals surface area (Å²) in [6.45, 7) is 3.54. The maximum absolute atomic E-state index is 6.42. The van der Waals surface area contributed by atoms with E-state index in [1.165, 1.54) is 47.3 Å². The Morgan fingerprint density at radius 3 is 2.12 bits per heavy atom. The highest BCUT2D eigenvalue weighted by Crippen LogP contribution is 2.38. The molecule has 0 bridgehead atoms. The van der Waals surface area contributed by atoms with Crippen LogP contribution < -0.4 is 10.4 Å². The molecule has 2 heterocycles. The van der Waals surface area contributed by atoms with Gasteiger partial charge in [-0.3, -0.25) is 4.98 Å². The molecule has 0 unspecified atom stereocenters. The molecule has 204 valence electrons. The quantitative estimate of drug-likeness (QED) is 0.266. The van der Waals surface area contributed by atoms with Crippen molar-refractivity contribution < 1.29 is 0 Å². The molecule has 0 N–H and O–H groups in total. The molecular weight excluding hydrogens is 540 g/mol. The van der Waals surface area contributed by atoms with Crippen molar-refractivity contribution in [1.82, 2.24) is 9.88 Å². The largest absolute Gasteiger partial charge is 0.303 e. The zero-order chi connectivity index (χ0) is 27.1. The molecule has 0 spiro atoms. The van der Waals surface area contributed by atoms with Gasteiger partial charge in [-0.15, -0.1) is 0 Å². The lowest BCUT2D eigenvalue weighted by molar-refractivity contribution is 0.252. The summed E-state index contributed by atoms with van der Waals surface area (Å²) in [5, 5.41) is 5.04. The van der Waals surface area contributed by atoms with Crippen LogP contribution in [0.5, 0.6) is 0 Å². The second-order valence-electron chi connectivity index (χ2n) is 11.5. The third-order valence-electron chi connectivity index (χ3n) is 8.76. The molecule has 1 saturated heterocycles. The number of aromatic nitrogens is 1. The lowest BCUT2D eigenvalue weighted by Crippen LogP contribution is -2.33. The van der Waals surface area contributed by atoms with Gasteiger partial charge in [0.05, 0.1) is 24.7 Å². The molecule has 1 aliphatic carbocycles. The number of nitrogens with zero attached hydrogens (tertiary/aromatic N) is 2. The summed E-state index contributed by atoms with van der Waals surface area (Å²) in [6, 6.07) is 33.5. The van der Waals surface area contributed by atoms with Crippen molar-refractivity contribution in [3.8, 4) is 0 Å². The SMILES string of the molecule is Clc1ccc2c(c1)CCc1cccnc1C2=C1CCN(CCCC([SiH2]c2ccccc2)[SiH2]c2ccccc2)CC1. The maximum atomic E-state index is 6.42. The molecule has 1 fully saturated rings. The lowest BCUT2D eigenvalue weighted by atomic mass is 9.88. The minimum absolute atomic E-state index is 0.254. The van der Waals surface area contributed by atoms with Crippen molar-refractivity contribution in [2.24, 2.45) is 0 Å². The highest BCUT2D eigenvalue weighted by atomic mass is 35.5. The fraction of sp³-hybridized carbons (Fsp3) is 0.286. The molecule has 40 heavy (non-hydrogen) atoms. The third kappa shape index (κ3) is 6.75. The van der Waals surface area contributed by atoms with Gasteiger partial charge in [0.25, 0.3) is 0 Å². The van der Waals surface area contributed by atoms with Crippen molar-refractivity contribution in [3.63, 3.8) is 0 Å². The molecule has 1 aliphatic heterocycles. The van der Waals surface area contributed by atoms with Crippen molar-refractivity contribution in [1.29, 1.82) is 0 Å². The van der Waals surface area contributed by atoms with Crippen LogP contribution in [-0.2, 0) is 12.8 Å². The van der Waals surface area contributed by atoms with Crippen LogP contribution in [0, 0.1) is 0 Å². The smallest absolute Gasteiger partial charge is 0.0739 e. The summed E-state index contributed by atoms with van der Waals surface area (Å²) in [5.74, 6) is 0. The van der Waals surface area contributed by atoms with E-state index in [1.54, 1.807) is 15.9 Å². The van der Waals surface area contributed by atoms with E-state index in [4.69, 9.17) is 16.6 Å². The van der Waals surface area contributed by atoms with E-state index in [-0.39, 0.29) is 19.0 Å². The van der Waals surface area contributed by atoms with Crippen LogP contribution >= 0.6 is 11.6 Å². The number of hydrogen-bond acceptors (Lipinski definition) is 2. The Kier molecular flexibility index (Phi) is 9.09. The first-order valence-electron chi connectivity index (χ1n) is 15.0. The molecule has 0 amide bonds. The number of benzene rings is 3. The summed E-state index contributed by atoms with van der Waals surface area (Å²) in [4.78, 5) is 7.63. The molecule has 0 atom stereocenters. The Labute approximate surface area is 249 Å². The number of pyridine rings is 1. The minimum atomic E-state index is -0.254. The van der Waals surface area contributed by atoms with E-state index >= 15 is 0 Å². The van der Waals surface area contributed by atoms with E-state index in [0.29, 0.717) is 0 Å². The minimum Gasteiger partial charge on any atom is -0.303 e. The van der Waals surface area contributed by atoms with Gasteiger partial charge in [-0.1, -0.05) is 112 Å². The van der Waals surface area contributed by atoms with Gasteiger partial charge in [0.1, 0.15) is 0 Å². The lowest BCUT2D eigenvalue weighted by Gasteiger charge is -2.30. The van der Waals surface area contributed by atoms with Gasteiger partial charge >= 0.3 is 0 Å². The molecule has 5 heteroatoms. The Morgan fingerprint density at radius 2 is 1.43 bits per heavy atom. The summed E-state index contributed by atoms with van der Waals surface area (Å²) in [5.41, 5.74) is 8.26. The molecule has 3 aromatic carbocycles. The number of piperidine rings is 1. The number of rotatable bonds is 8. The zero-order valence-corrected chi connectivity index (χ0v) is 26.9. The summed E-state index contributed by atoms with van der Waals surface area (Å²) in [6.07, 6.45) is 8.99. The third-order valence-corrected chi connectivity index (χ3v) is 14.6. The van der Waals surface area contributed by atoms with E-state index in [0.717, 1.165) is 49.0 Å². The first-order valence-corrected chi connectivity index (χ1v) is 18.4. The van der Waals surface area contributed by atoms with E-state index in [1.807, 2.05) is 6.20 Å². The average Bonchev–Trinajstić information content (AvgIpc) is 3.15. The van der Waals surface area contributed by atoms with Gasteiger partial charge in [0.15, 0.2) is 0 Å². The molecule has 1 aromatic heterocycles. The molecular formula is C35H39ClN2Si2. The number of fused-ring (bicyclic) bond motifs is 2. The monoisotopic (exact) mass is 578 g/mol. The Morgan fingerprint density at radius 1 is 0.750 bits per heavy atom. The van der Waals surface area contributed by atoms with Crippen LogP contribution in [-0.4, -0.2) is 48.6 Å². The van der Waals surface area contributed by atoms with E-state index in [9.17, 15) is 0 Å². The van der Waals surface area contributed by atoms with Gasteiger partial charge in [-0.05, 0) is 73.5 Å². The van der Waals surface area contributed by atoms with Crippen molar-refractivity contribution in [2.45, 2.75) is 43.7 Å². The zero-order valence-electron chi connectivity index (χ0n) is 23.4. The molecule has 0 radical (unpaired) electrons. The van der Waals surface area contributed by atoms with Gasteiger partial charge in [0.2, 0.25) is 0 Å².